The van der Waals surface area contributed by atoms with Crippen molar-refractivity contribution in [1.82, 2.24) is 19.1 Å². The SMILES string of the molecule is CCCCCCCCCC(n1c2ccccc2c2cc(CC)nc(C)c21)n1c2ccccc2c2cc(C(=O)OCC)nc(C)c21.O=C=O. The first kappa shape index (κ1) is 34.5. The van der Waals surface area contributed by atoms with Gasteiger partial charge in [-0.25, -0.2) is 9.78 Å². The number of benzene rings is 2. The van der Waals surface area contributed by atoms with Crippen LogP contribution in [0, 0.1) is 13.8 Å². The molecule has 250 valence electrons. The topological polar surface area (TPSA) is 96.1 Å². The molecule has 0 saturated carbocycles. The molecule has 1 unspecified atom stereocenters. The van der Waals surface area contributed by atoms with Crippen molar-refractivity contribution in [1.29, 1.82) is 0 Å². The standard InChI is InChI=1S/C39H46N4O2.CO2/c1-6-9-10-11-12-13-14-23-36(42-34-21-17-15-19-29(34)31-24-28(7-2)40-26(4)37(31)42)43-35-22-18-16-20-30(35)32-25-33(39(44)45-8-3)41-27(5)38(32)43;2-1-3/h15-22,24-25,36H,6-14,23H2,1-5H3;. The number of aromatic nitrogens is 4. The van der Waals surface area contributed by atoms with Gasteiger partial charge in [-0.15, -0.1) is 0 Å². The Kier molecular flexibility index (Phi) is 11.4. The zero-order valence-electron chi connectivity index (χ0n) is 28.8. The molecule has 0 spiro atoms. The van der Waals surface area contributed by atoms with E-state index in [1.54, 1.807) is 0 Å². The number of esters is 1. The lowest BCUT2D eigenvalue weighted by Crippen LogP contribution is -2.19. The molecule has 0 amide bonds. The summed E-state index contributed by atoms with van der Waals surface area (Å²) >= 11 is 0. The molecule has 0 saturated heterocycles. The first-order valence-electron chi connectivity index (χ1n) is 17.4. The monoisotopic (exact) mass is 646 g/mol. The van der Waals surface area contributed by atoms with Crippen LogP contribution >= 0.6 is 0 Å². The number of para-hydroxylation sites is 2. The number of nitrogens with zero attached hydrogens (tertiary/aromatic N) is 4. The van der Waals surface area contributed by atoms with Crippen molar-refractivity contribution in [2.24, 2.45) is 0 Å². The van der Waals surface area contributed by atoms with Crippen LogP contribution in [0.1, 0.15) is 106 Å². The van der Waals surface area contributed by atoms with Gasteiger partial charge in [0, 0.05) is 27.2 Å². The smallest absolute Gasteiger partial charge is 0.373 e. The highest BCUT2D eigenvalue weighted by molar-refractivity contribution is 6.11. The summed E-state index contributed by atoms with van der Waals surface area (Å²) in [5, 5.41) is 4.68. The Bertz CT molecular complexity index is 2080. The van der Waals surface area contributed by atoms with E-state index < -0.39 is 0 Å². The Morgan fingerprint density at radius 3 is 1.81 bits per heavy atom. The second kappa shape index (κ2) is 15.9. The molecule has 0 aliphatic carbocycles. The molecule has 48 heavy (non-hydrogen) atoms. The van der Waals surface area contributed by atoms with Crippen LogP contribution in [0.2, 0.25) is 0 Å². The van der Waals surface area contributed by atoms with E-state index in [2.05, 4.69) is 84.5 Å². The summed E-state index contributed by atoms with van der Waals surface area (Å²) in [6.45, 7) is 10.8. The minimum Gasteiger partial charge on any atom is -0.461 e. The quantitative estimate of drug-likeness (QED) is 0.0916. The van der Waals surface area contributed by atoms with Crippen molar-refractivity contribution in [3.8, 4) is 0 Å². The number of rotatable bonds is 13. The van der Waals surface area contributed by atoms with Gasteiger partial charge in [0.05, 0.1) is 40.1 Å². The van der Waals surface area contributed by atoms with E-state index in [0.29, 0.717) is 12.3 Å². The van der Waals surface area contributed by atoms with Gasteiger partial charge in [0.2, 0.25) is 0 Å². The number of fused-ring (bicyclic) bond motifs is 6. The predicted molar refractivity (Wildman–Crippen MR) is 191 cm³/mol. The third kappa shape index (κ3) is 6.76. The number of ether oxygens (including phenoxy) is 1. The number of hydrogen-bond donors (Lipinski definition) is 0. The molecule has 4 heterocycles. The molecular formula is C40H46N4O4. The zero-order chi connectivity index (χ0) is 34.2. The Morgan fingerprint density at radius 2 is 1.25 bits per heavy atom. The number of carbonyl (C=O) groups is 1. The van der Waals surface area contributed by atoms with Gasteiger partial charge in [0.25, 0.3) is 0 Å². The highest BCUT2D eigenvalue weighted by Gasteiger charge is 2.27. The fraction of sp³-hybridized carbons (Fsp3) is 0.400. The van der Waals surface area contributed by atoms with E-state index in [1.165, 1.54) is 60.3 Å². The third-order valence-electron chi connectivity index (χ3n) is 9.29. The molecule has 0 bridgehead atoms. The summed E-state index contributed by atoms with van der Waals surface area (Å²) in [7, 11) is 0. The van der Waals surface area contributed by atoms with E-state index in [4.69, 9.17) is 24.3 Å². The third-order valence-corrected chi connectivity index (χ3v) is 9.29. The first-order valence-corrected chi connectivity index (χ1v) is 17.4. The molecule has 0 aliphatic rings. The van der Waals surface area contributed by atoms with Crippen LogP contribution < -0.4 is 0 Å². The van der Waals surface area contributed by atoms with Crippen LogP contribution in [0.25, 0.3) is 43.6 Å². The molecule has 8 nitrogen and oxygen atoms in total. The lowest BCUT2D eigenvalue weighted by Gasteiger charge is -2.26. The molecule has 4 aromatic heterocycles. The summed E-state index contributed by atoms with van der Waals surface area (Å²) in [4.78, 5) is 39.0. The van der Waals surface area contributed by atoms with Crippen LogP contribution in [0.3, 0.4) is 0 Å². The van der Waals surface area contributed by atoms with Gasteiger partial charge in [-0.2, -0.15) is 9.59 Å². The highest BCUT2D eigenvalue weighted by atomic mass is 16.5. The van der Waals surface area contributed by atoms with Crippen molar-refractivity contribution in [3.63, 3.8) is 0 Å². The number of pyridine rings is 2. The lowest BCUT2D eigenvalue weighted by molar-refractivity contribution is -0.191. The van der Waals surface area contributed by atoms with Crippen molar-refractivity contribution in [2.45, 2.75) is 98.6 Å². The maximum Gasteiger partial charge on any atom is 0.373 e. The van der Waals surface area contributed by atoms with Gasteiger partial charge < -0.3 is 13.9 Å². The highest BCUT2D eigenvalue weighted by Crippen LogP contribution is 2.41. The lowest BCUT2D eigenvalue weighted by atomic mass is 10.1. The second-order valence-corrected chi connectivity index (χ2v) is 12.4. The van der Waals surface area contributed by atoms with E-state index in [9.17, 15) is 4.79 Å². The van der Waals surface area contributed by atoms with Crippen LogP contribution in [-0.2, 0) is 20.7 Å². The van der Waals surface area contributed by atoms with Crippen LogP contribution in [0.5, 0.6) is 0 Å². The summed E-state index contributed by atoms with van der Waals surface area (Å²) in [6.07, 6.45) is 10.9. The van der Waals surface area contributed by atoms with E-state index >= 15 is 0 Å². The minimum atomic E-state index is -0.380. The second-order valence-electron chi connectivity index (χ2n) is 12.4. The minimum absolute atomic E-state index is 0.00707. The van der Waals surface area contributed by atoms with Crippen molar-refractivity contribution >= 4 is 55.7 Å². The van der Waals surface area contributed by atoms with E-state index in [0.717, 1.165) is 58.2 Å². The number of aryl methyl sites for hydroxylation is 3. The molecule has 0 radical (unpaired) electrons. The average molecular weight is 647 g/mol. The van der Waals surface area contributed by atoms with Crippen LogP contribution in [0.15, 0.2) is 60.7 Å². The molecule has 1 atom stereocenters. The van der Waals surface area contributed by atoms with Crippen molar-refractivity contribution < 1.29 is 19.1 Å². The summed E-state index contributed by atoms with van der Waals surface area (Å²) in [5.74, 6) is -0.380. The fourth-order valence-corrected chi connectivity index (χ4v) is 7.25. The van der Waals surface area contributed by atoms with Gasteiger partial charge >= 0.3 is 12.1 Å². The van der Waals surface area contributed by atoms with Crippen LogP contribution in [0.4, 0.5) is 0 Å². The Labute approximate surface area is 282 Å². The van der Waals surface area contributed by atoms with Crippen molar-refractivity contribution in [3.05, 3.63) is 83.4 Å². The molecule has 6 rings (SSSR count). The van der Waals surface area contributed by atoms with Gasteiger partial charge in [-0.05, 0) is 64.3 Å². The van der Waals surface area contributed by atoms with Crippen molar-refractivity contribution in [2.75, 3.05) is 6.61 Å². The molecule has 8 heteroatoms. The fourth-order valence-electron chi connectivity index (χ4n) is 7.25. The van der Waals surface area contributed by atoms with Crippen LogP contribution in [-0.4, -0.2) is 37.8 Å². The van der Waals surface area contributed by atoms with E-state index in [1.807, 2.05) is 19.9 Å². The Balaban J connectivity index is 0.00000145. The molecule has 0 N–H and O–H groups in total. The number of unbranched alkanes of at least 4 members (excludes halogenated alkanes) is 6. The average Bonchev–Trinajstić information content (AvgIpc) is 3.60. The van der Waals surface area contributed by atoms with Gasteiger partial charge in [0.15, 0.2) is 0 Å². The Morgan fingerprint density at radius 1 is 0.729 bits per heavy atom. The first-order chi connectivity index (χ1) is 23.4. The normalized spacial score (nSPS) is 11.9. The molecular weight excluding hydrogens is 600 g/mol. The molecule has 0 aliphatic heterocycles. The van der Waals surface area contributed by atoms with Gasteiger partial charge in [0.1, 0.15) is 11.9 Å². The maximum atomic E-state index is 12.9. The Hall–Kier alpha value is -4.81. The largest absolute Gasteiger partial charge is 0.461 e. The van der Waals surface area contributed by atoms with Gasteiger partial charge in [-0.3, -0.25) is 4.98 Å². The summed E-state index contributed by atoms with van der Waals surface area (Å²) in [5.41, 5.74) is 8.00. The molecule has 0 fully saturated rings. The van der Waals surface area contributed by atoms with E-state index in [-0.39, 0.29) is 18.3 Å². The zero-order valence-corrected chi connectivity index (χ0v) is 28.8. The van der Waals surface area contributed by atoms with Gasteiger partial charge in [-0.1, -0.05) is 88.8 Å². The number of carbonyl (C=O) groups excluding carboxylic acids is 3. The summed E-state index contributed by atoms with van der Waals surface area (Å²) < 4.78 is 10.4. The predicted octanol–water partition coefficient (Wildman–Crippen LogP) is 9.65. The molecule has 2 aromatic carbocycles. The summed E-state index contributed by atoms with van der Waals surface area (Å²) in [6, 6.07) is 21.6. The maximum absolute atomic E-state index is 12.9. The molecule has 6 aromatic rings. The number of hydrogen-bond acceptors (Lipinski definition) is 6.